The van der Waals surface area contributed by atoms with Gasteiger partial charge >= 0.3 is 12.3 Å². The number of hydrogen-bond donors (Lipinski definition) is 0. The normalized spacial score (nSPS) is 11.6. The van der Waals surface area contributed by atoms with Crippen LogP contribution in [0.5, 0.6) is 5.75 Å². The summed E-state index contributed by atoms with van der Waals surface area (Å²) >= 11 is 2.96. The third-order valence-electron chi connectivity index (χ3n) is 2.37. The number of halogens is 6. The van der Waals surface area contributed by atoms with E-state index in [1.54, 1.807) is 0 Å². The van der Waals surface area contributed by atoms with Crippen LogP contribution in [-0.4, -0.2) is 24.4 Å². The van der Waals surface area contributed by atoms with Crippen molar-refractivity contribution in [3.8, 4) is 5.75 Å². The summed E-state index contributed by atoms with van der Waals surface area (Å²) < 4.78 is 70.9. The number of carbonyl (C=O) groups excluding carboxylic acids is 1. The van der Waals surface area contributed by atoms with Crippen molar-refractivity contribution in [3.63, 3.8) is 0 Å². The first-order chi connectivity index (χ1) is 9.69. The van der Waals surface area contributed by atoms with Gasteiger partial charge in [-0.2, -0.15) is 0 Å². The van der Waals surface area contributed by atoms with Crippen molar-refractivity contribution in [2.45, 2.75) is 24.5 Å². The fourth-order valence-corrected chi connectivity index (χ4v) is 1.98. The lowest BCUT2D eigenvalue weighted by molar-refractivity contribution is -0.275. The van der Waals surface area contributed by atoms with E-state index in [1.807, 2.05) is 0 Å². The molecule has 1 aromatic rings. The topological polar surface area (TPSA) is 48.4 Å². The molecule has 0 aliphatic carbocycles. The van der Waals surface area contributed by atoms with Gasteiger partial charge in [0.1, 0.15) is 5.75 Å². The number of aromatic nitrogens is 1. The van der Waals surface area contributed by atoms with Crippen LogP contribution in [0.1, 0.15) is 23.2 Å². The standard InChI is InChI=1S/C11H9BrF5NO3/c1-20-8(19)2-5-7(3-12)18-4-6(10(13)14)9(5)21-11(15,16)17/h4,10H,2-3H2,1H3. The first-order valence-corrected chi connectivity index (χ1v) is 6.49. The molecule has 0 radical (unpaired) electrons. The summed E-state index contributed by atoms with van der Waals surface area (Å²) in [5.74, 6) is -2.02. The van der Waals surface area contributed by atoms with Crippen LogP contribution in [0.2, 0.25) is 0 Å². The highest BCUT2D eigenvalue weighted by molar-refractivity contribution is 9.08. The SMILES string of the molecule is COC(=O)Cc1c(CBr)ncc(C(F)F)c1OC(F)(F)F. The second kappa shape index (κ2) is 7.01. The summed E-state index contributed by atoms with van der Waals surface area (Å²) in [7, 11) is 1.02. The maximum atomic E-state index is 12.8. The molecule has 0 N–H and O–H groups in total. The molecular formula is C11H9BrF5NO3. The molecular weight excluding hydrogens is 369 g/mol. The maximum Gasteiger partial charge on any atom is 0.573 e. The van der Waals surface area contributed by atoms with Crippen molar-refractivity contribution < 1.29 is 36.2 Å². The Hall–Kier alpha value is -1.45. The van der Waals surface area contributed by atoms with Gasteiger partial charge in [-0.05, 0) is 0 Å². The minimum absolute atomic E-state index is 0.0240. The highest BCUT2D eigenvalue weighted by Crippen LogP contribution is 2.37. The summed E-state index contributed by atoms with van der Waals surface area (Å²) in [5.41, 5.74) is -1.46. The van der Waals surface area contributed by atoms with Gasteiger partial charge in [-0.25, -0.2) is 8.78 Å². The van der Waals surface area contributed by atoms with Gasteiger partial charge < -0.3 is 9.47 Å². The van der Waals surface area contributed by atoms with Gasteiger partial charge in [0.15, 0.2) is 0 Å². The Morgan fingerprint density at radius 1 is 1.43 bits per heavy atom. The third kappa shape index (κ3) is 4.80. The van der Waals surface area contributed by atoms with E-state index in [1.165, 1.54) is 0 Å². The predicted octanol–water partition coefficient (Wildman–Crippen LogP) is 3.53. The molecule has 4 nitrogen and oxygen atoms in total. The molecule has 0 unspecified atom stereocenters. The van der Waals surface area contributed by atoms with Gasteiger partial charge in [0.2, 0.25) is 0 Å². The molecule has 1 rings (SSSR count). The average Bonchev–Trinajstić information content (AvgIpc) is 2.38. The summed E-state index contributed by atoms with van der Waals surface area (Å²) in [6.45, 7) is 0. The van der Waals surface area contributed by atoms with Crippen LogP contribution in [0.4, 0.5) is 22.0 Å². The van der Waals surface area contributed by atoms with E-state index in [9.17, 15) is 26.7 Å². The molecule has 1 heterocycles. The number of alkyl halides is 6. The van der Waals surface area contributed by atoms with Crippen LogP contribution in [0, 0.1) is 0 Å². The number of esters is 1. The van der Waals surface area contributed by atoms with E-state index in [4.69, 9.17) is 0 Å². The lowest BCUT2D eigenvalue weighted by Crippen LogP contribution is -2.21. The van der Waals surface area contributed by atoms with Crippen molar-refractivity contribution >= 4 is 21.9 Å². The Morgan fingerprint density at radius 3 is 2.48 bits per heavy atom. The van der Waals surface area contributed by atoms with Crippen molar-refractivity contribution in [1.29, 1.82) is 0 Å². The van der Waals surface area contributed by atoms with Crippen molar-refractivity contribution in [2.24, 2.45) is 0 Å². The zero-order valence-electron chi connectivity index (χ0n) is 10.5. The number of carbonyl (C=O) groups is 1. The summed E-state index contributed by atoms with van der Waals surface area (Å²) in [6, 6.07) is 0. The maximum absolute atomic E-state index is 12.8. The molecule has 10 heteroatoms. The number of rotatable bonds is 5. The Kier molecular flexibility index (Phi) is 5.87. The van der Waals surface area contributed by atoms with Crippen molar-refractivity contribution in [1.82, 2.24) is 4.98 Å². The molecule has 0 saturated heterocycles. The van der Waals surface area contributed by atoms with E-state index in [0.717, 1.165) is 7.11 Å². The molecule has 0 atom stereocenters. The van der Waals surface area contributed by atoms with Crippen molar-refractivity contribution in [3.05, 3.63) is 23.0 Å². The van der Waals surface area contributed by atoms with E-state index in [2.05, 4.69) is 30.4 Å². The van der Waals surface area contributed by atoms with E-state index < -0.39 is 42.1 Å². The fraction of sp³-hybridized carbons (Fsp3) is 0.455. The minimum atomic E-state index is -5.18. The van der Waals surface area contributed by atoms with Gasteiger partial charge in [0.05, 0.1) is 24.8 Å². The van der Waals surface area contributed by atoms with Crippen LogP contribution in [0.3, 0.4) is 0 Å². The molecule has 118 valence electrons. The second-order valence-electron chi connectivity index (χ2n) is 3.70. The zero-order valence-corrected chi connectivity index (χ0v) is 12.1. The second-order valence-corrected chi connectivity index (χ2v) is 4.26. The molecule has 0 bridgehead atoms. The van der Waals surface area contributed by atoms with E-state index in [-0.39, 0.29) is 11.0 Å². The Labute approximate surface area is 124 Å². The number of methoxy groups -OCH3 is 1. The first-order valence-electron chi connectivity index (χ1n) is 5.37. The largest absolute Gasteiger partial charge is 0.573 e. The molecule has 21 heavy (non-hydrogen) atoms. The van der Waals surface area contributed by atoms with E-state index in [0.29, 0.717) is 6.20 Å². The first kappa shape index (κ1) is 17.6. The zero-order chi connectivity index (χ0) is 16.2. The van der Waals surface area contributed by atoms with Gasteiger partial charge in [0, 0.05) is 17.1 Å². The molecule has 0 aromatic carbocycles. The predicted molar refractivity (Wildman–Crippen MR) is 64.2 cm³/mol. The van der Waals surface area contributed by atoms with Gasteiger partial charge in [0.25, 0.3) is 6.43 Å². The summed E-state index contributed by atoms with van der Waals surface area (Å²) in [5, 5.41) is -0.0446. The molecule has 0 aliphatic rings. The Balaban J connectivity index is 3.45. The molecule has 0 amide bonds. The number of nitrogens with zero attached hydrogens (tertiary/aromatic N) is 1. The summed E-state index contributed by atoms with van der Waals surface area (Å²) in [6.07, 6.45) is -8.51. The fourth-order valence-electron chi connectivity index (χ4n) is 1.49. The van der Waals surface area contributed by atoms with Gasteiger partial charge in [-0.3, -0.25) is 9.78 Å². The highest BCUT2D eigenvalue weighted by Gasteiger charge is 2.36. The van der Waals surface area contributed by atoms with Gasteiger partial charge in [-0.15, -0.1) is 13.2 Å². The van der Waals surface area contributed by atoms with Crippen LogP contribution >= 0.6 is 15.9 Å². The van der Waals surface area contributed by atoms with Crippen LogP contribution in [0.25, 0.3) is 0 Å². The average molecular weight is 378 g/mol. The quantitative estimate of drug-likeness (QED) is 0.447. The molecule has 0 fully saturated rings. The molecule has 0 saturated carbocycles. The van der Waals surface area contributed by atoms with Crippen LogP contribution in [-0.2, 0) is 21.3 Å². The summed E-state index contributed by atoms with van der Waals surface area (Å²) in [4.78, 5) is 14.9. The third-order valence-corrected chi connectivity index (χ3v) is 2.90. The smallest absolute Gasteiger partial charge is 0.469 e. The molecule has 0 aliphatic heterocycles. The lowest BCUT2D eigenvalue weighted by Gasteiger charge is -2.18. The van der Waals surface area contributed by atoms with Crippen molar-refractivity contribution in [2.75, 3.05) is 7.11 Å². The minimum Gasteiger partial charge on any atom is -0.469 e. The molecule has 0 spiro atoms. The molecule has 1 aromatic heterocycles. The lowest BCUT2D eigenvalue weighted by atomic mass is 10.1. The van der Waals surface area contributed by atoms with E-state index >= 15 is 0 Å². The Morgan fingerprint density at radius 2 is 2.05 bits per heavy atom. The monoisotopic (exact) mass is 377 g/mol. The van der Waals surface area contributed by atoms with Gasteiger partial charge in [-0.1, -0.05) is 15.9 Å². The van der Waals surface area contributed by atoms with Crippen LogP contribution in [0.15, 0.2) is 6.20 Å². The highest BCUT2D eigenvalue weighted by atomic mass is 79.9. The number of hydrogen-bond acceptors (Lipinski definition) is 4. The number of ether oxygens (including phenoxy) is 2. The van der Waals surface area contributed by atoms with Crippen LogP contribution < -0.4 is 4.74 Å². The Bertz CT molecular complexity index is 521. The number of pyridine rings is 1.